The molecule has 21 heavy (non-hydrogen) atoms. The Balaban J connectivity index is 3.21. The normalized spacial score (nSPS) is 12.1. The summed E-state index contributed by atoms with van der Waals surface area (Å²) in [5, 5.41) is 26.0. The molecule has 124 valence electrons. The molecule has 0 aliphatic carbocycles. The number of aliphatic carboxylic acids is 1. The zero-order valence-corrected chi connectivity index (χ0v) is 12.6. The summed E-state index contributed by atoms with van der Waals surface area (Å²) >= 11 is 0. The molecule has 0 rings (SSSR count). The summed E-state index contributed by atoms with van der Waals surface area (Å²) in [5.74, 6) is -1.07. The van der Waals surface area contributed by atoms with Crippen LogP contribution >= 0.6 is 0 Å². The highest BCUT2D eigenvalue weighted by atomic mass is 16.5. The molecule has 0 fully saturated rings. The first-order valence-electron chi connectivity index (χ1n) is 7.72. The van der Waals surface area contributed by atoms with Crippen molar-refractivity contribution >= 4 is 11.9 Å². The van der Waals surface area contributed by atoms with Crippen LogP contribution in [0.15, 0.2) is 0 Å². The molecule has 0 amide bonds. The standard InChI is InChI=1S/C15H28O6/c16-11-13(17)12-21-15(20)10-8-6-4-2-1-3-5-7-9-14(18)19/h13,16-17H,1-12H2,(H,18,19). The molecule has 0 radical (unpaired) electrons. The van der Waals surface area contributed by atoms with Crippen molar-refractivity contribution in [2.75, 3.05) is 13.2 Å². The molecular weight excluding hydrogens is 276 g/mol. The molecule has 1 atom stereocenters. The van der Waals surface area contributed by atoms with Gasteiger partial charge in [-0.2, -0.15) is 0 Å². The van der Waals surface area contributed by atoms with E-state index in [1.54, 1.807) is 0 Å². The third-order valence-corrected chi connectivity index (χ3v) is 3.17. The molecule has 1 unspecified atom stereocenters. The van der Waals surface area contributed by atoms with E-state index in [4.69, 9.17) is 20.1 Å². The number of aliphatic hydroxyl groups is 2. The Labute approximate surface area is 126 Å². The van der Waals surface area contributed by atoms with Crippen molar-refractivity contribution in [2.45, 2.75) is 70.3 Å². The van der Waals surface area contributed by atoms with E-state index in [-0.39, 0.29) is 19.0 Å². The molecule has 0 spiro atoms. The van der Waals surface area contributed by atoms with Gasteiger partial charge >= 0.3 is 11.9 Å². The summed E-state index contributed by atoms with van der Waals surface area (Å²) in [6.07, 6.45) is 7.39. The largest absolute Gasteiger partial charge is 0.481 e. The molecule has 0 saturated carbocycles. The summed E-state index contributed by atoms with van der Waals surface area (Å²) in [5.41, 5.74) is 0. The van der Waals surface area contributed by atoms with E-state index in [0.717, 1.165) is 51.4 Å². The first-order chi connectivity index (χ1) is 10.1. The Morgan fingerprint density at radius 3 is 1.81 bits per heavy atom. The minimum absolute atomic E-state index is 0.147. The van der Waals surface area contributed by atoms with Gasteiger partial charge in [-0.15, -0.1) is 0 Å². The first kappa shape index (κ1) is 19.9. The van der Waals surface area contributed by atoms with Crippen LogP contribution in [0, 0.1) is 0 Å². The predicted octanol–water partition coefficient (Wildman–Crippen LogP) is 1.87. The SMILES string of the molecule is O=C(O)CCCCCCCCCCC(=O)OCC(O)CO. The number of carboxylic acid groups (broad SMARTS) is 1. The van der Waals surface area contributed by atoms with Crippen molar-refractivity contribution < 1.29 is 29.6 Å². The number of carboxylic acids is 1. The molecule has 0 aliphatic rings. The van der Waals surface area contributed by atoms with Gasteiger partial charge in [-0.1, -0.05) is 38.5 Å². The lowest BCUT2D eigenvalue weighted by atomic mass is 10.1. The lowest BCUT2D eigenvalue weighted by molar-refractivity contribution is -0.147. The maximum Gasteiger partial charge on any atom is 0.305 e. The van der Waals surface area contributed by atoms with E-state index in [9.17, 15) is 9.59 Å². The Morgan fingerprint density at radius 1 is 0.857 bits per heavy atom. The smallest absolute Gasteiger partial charge is 0.305 e. The molecule has 0 aliphatic heterocycles. The number of aliphatic hydroxyl groups excluding tert-OH is 2. The van der Waals surface area contributed by atoms with Crippen LogP contribution in [-0.4, -0.2) is 46.6 Å². The molecule has 6 nitrogen and oxygen atoms in total. The van der Waals surface area contributed by atoms with Crippen molar-refractivity contribution in [1.82, 2.24) is 0 Å². The topological polar surface area (TPSA) is 104 Å². The van der Waals surface area contributed by atoms with Gasteiger partial charge in [0.2, 0.25) is 0 Å². The van der Waals surface area contributed by atoms with Crippen LogP contribution in [-0.2, 0) is 14.3 Å². The number of ether oxygens (including phenoxy) is 1. The molecule has 6 heteroatoms. The fourth-order valence-electron chi connectivity index (χ4n) is 1.92. The highest BCUT2D eigenvalue weighted by Gasteiger charge is 2.07. The number of hydrogen-bond acceptors (Lipinski definition) is 5. The van der Waals surface area contributed by atoms with Gasteiger partial charge in [0.1, 0.15) is 12.7 Å². The second-order valence-corrected chi connectivity index (χ2v) is 5.24. The molecule has 0 saturated heterocycles. The number of unbranched alkanes of at least 4 members (excludes halogenated alkanes) is 7. The predicted molar refractivity (Wildman–Crippen MR) is 77.9 cm³/mol. The average Bonchev–Trinajstić information content (AvgIpc) is 2.46. The minimum atomic E-state index is -0.991. The maximum atomic E-state index is 11.3. The first-order valence-corrected chi connectivity index (χ1v) is 7.72. The number of rotatable bonds is 14. The number of carbonyl (C=O) groups excluding carboxylic acids is 1. The zero-order chi connectivity index (χ0) is 15.9. The van der Waals surface area contributed by atoms with E-state index in [2.05, 4.69) is 0 Å². The Morgan fingerprint density at radius 2 is 1.33 bits per heavy atom. The van der Waals surface area contributed by atoms with Gasteiger partial charge in [0.05, 0.1) is 6.61 Å². The Bertz CT molecular complexity index is 279. The van der Waals surface area contributed by atoms with Gasteiger partial charge in [0, 0.05) is 12.8 Å². The second kappa shape index (κ2) is 13.8. The highest BCUT2D eigenvalue weighted by molar-refractivity contribution is 5.69. The zero-order valence-electron chi connectivity index (χ0n) is 12.6. The van der Waals surface area contributed by atoms with Crippen LogP contribution in [0.1, 0.15) is 64.2 Å². The summed E-state index contributed by atoms with van der Waals surface area (Å²) in [4.78, 5) is 21.6. The van der Waals surface area contributed by atoms with Crippen LogP contribution in [0.4, 0.5) is 0 Å². The van der Waals surface area contributed by atoms with Gasteiger partial charge < -0.3 is 20.1 Å². The molecule has 0 aromatic carbocycles. The third kappa shape index (κ3) is 15.1. The van der Waals surface area contributed by atoms with Crippen molar-refractivity contribution in [3.8, 4) is 0 Å². The van der Waals surface area contributed by atoms with Crippen molar-refractivity contribution in [2.24, 2.45) is 0 Å². The quantitative estimate of drug-likeness (QED) is 0.334. The van der Waals surface area contributed by atoms with Crippen molar-refractivity contribution in [1.29, 1.82) is 0 Å². The van der Waals surface area contributed by atoms with Crippen LogP contribution in [0.5, 0.6) is 0 Å². The summed E-state index contributed by atoms with van der Waals surface area (Å²) in [6.45, 7) is -0.550. The number of hydrogen-bond donors (Lipinski definition) is 3. The lowest BCUT2D eigenvalue weighted by Crippen LogP contribution is -2.21. The van der Waals surface area contributed by atoms with Gasteiger partial charge in [0.25, 0.3) is 0 Å². The van der Waals surface area contributed by atoms with E-state index >= 15 is 0 Å². The molecular formula is C15H28O6. The molecule has 0 aromatic heterocycles. The Hall–Kier alpha value is -1.14. The third-order valence-electron chi connectivity index (χ3n) is 3.17. The van der Waals surface area contributed by atoms with Crippen LogP contribution < -0.4 is 0 Å². The van der Waals surface area contributed by atoms with Gasteiger partial charge in [-0.3, -0.25) is 9.59 Å². The van der Waals surface area contributed by atoms with Crippen LogP contribution in [0.3, 0.4) is 0 Å². The molecule has 0 bridgehead atoms. The maximum absolute atomic E-state index is 11.3. The average molecular weight is 304 g/mol. The fourth-order valence-corrected chi connectivity index (χ4v) is 1.92. The lowest BCUT2D eigenvalue weighted by Gasteiger charge is -2.08. The minimum Gasteiger partial charge on any atom is -0.481 e. The summed E-state index contributed by atoms with van der Waals surface area (Å²) < 4.78 is 4.79. The second-order valence-electron chi connectivity index (χ2n) is 5.24. The monoisotopic (exact) mass is 304 g/mol. The number of esters is 1. The molecule has 0 heterocycles. The number of carbonyl (C=O) groups is 2. The van der Waals surface area contributed by atoms with Gasteiger partial charge in [-0.25, -0.2) is 0 Å². The van der Waals surface area contributed by atoms with E-state index in [1.807, 2.05) is 0 Å². The van der Waals surface area contributed by atoms with Gasteiger partial charge in [-0.05, 0) is 12.8 Å². The van der Waals surface area contributed by atoms with Crippen LogP contribution in [0.25, 0.3) is 0 Å². The fraction of sp³-hybridized carbons (Fsp3) is 0.867. The summed E-state index contributed by atoms with van der Waals surface area (Å²) in [7, 11) is 0. The van der Waals surface area contributed by atoms with Crippen molar-refractivity contribution in [3.63, 3.8) is 0 Å². The highest BCUT2D eigenvalue weighted by Crippen LogP contribution is 2.11. The Kier molecular flexibility index (Phi) is 13.1. The summed E-state index contributed by atoms with van der Waals surface area (Å²) in [6, 6.07) is 0. The van der Waals surface area contributed by atoms with E-state index in [0.29, 0.717) is 6.42 Å². The van der Waals surface area contributed by atoms with Gasteiger partial charge in [0.15, 0.2) is 0 Å². The van der Waals surface area contributed by atoms with E-state index < -0.39 is 18.7 Å². The van der Waals surface area contributed by atoms with Crippen LogP contribution in [0.2, 0.25) is 0 Å². The molecule has 3 N–H and O–H groups in total. The van der Waals surface area contributed by atoms with E-state index in [1.165, 1.54) is 0 Å². The van der Waals surface area contributed by atoms with Crippen molar-refractivity contribution in [3.05, 3.63) is 0 Å². The molecule has 0 aromatic rings.